The van der Waals surface area contributed by atoms with Crippen molar-refractivity contribution in [2.75, 3.05) is 19.8 Å². The second kappa shape index (κ2) is 5.17. The minimum Gasteiger partial charge on any atom is -0.396 e. The molecular weight excluding hydrogens is 140 g/mol. The van der Waals surface area contributed by atoms with Gasteiger partial charge in [0.25, 0.3) is 0 Å². The smallest absolute Gasteiger partial charge is 0.107 e. The second-order valence-electron chi connectivity index (χ2n) is 3.33. The van der Waals surface area contributed by atoms with Crippen LogP contribution in [-0.4, -0.2) is 24.9 Å². The van der Waals surface area contributed by atoms with Crippen LogP contribution in [0.3, 0.4) is 0 Å². The topological polar surface area (TPSA) is 29.5 Å². The van der Waals surface area contributed by atoms with Crippen LogP contribution in [0.1, 0.15) is 20.3 Å². The van der Waals surface area contributed by atoms with Gasteiger partial charge in [-0.25, -0.2) is 0 Å². The van der Waals surface area contributed by atoms with Crippen molar-refractivity contribution in [3.63, 3.8) is 0 Å². The Morgan fingerprint density at radius 2 is 2.18 bits per heavy atom. The molecule has 0 aliphatic heterocycles. The quantitative estimate of drug-likeness (QED) is 0.476. The van der Waals surface area contributed by atoms with Crippen molar-refractivity contribution in [2.45, 2.75) is 20.3 Å². The van der Waals surface area contributed by atoms with E-state index in [0.717, 1.165) is 6.42 Å². The lowest BCUT2D eigenvalue weighted by Gasteiger charge is -2.22. The summed E-state index contributed by atoms with van der Waals surface area (Å²) in [6.07, 6.45) is 5.76. The SMILES string of the molecule is C#CCOCC(C)(C)CCO. The number of aliphatic hydroxyl groups excluding tert-OH is 1. The normalized spacial score (nSPS) is 11.1. The fraction of sp³-hybridized carbons (Fsp3) is 0.778. The number of hydrogen-bond acceptors (Lipinski definition) is 2. The van der Waals surface area contributed by atoms with E-state index < -0.39 is 0 Å². The molecule has 0 spiro atoms. The van der Waals surface area contributed by atoms with Gasteiger partial charge in [-0.2, -0.15) is 0 Å². The molecular formula is C9H16O2. The van der Waals surface area contributed by atoms with Crippen molar-refractivity contribution in [3.8, 4) is 12.3 Å². The summed E-state index contributed by atoms with van der Waals surface area (Å²) in [5.74, 6) is 2.40. The lowest BCUT2D eigenvalue weighted by atomic mass is 9.91. The Hall–Kier alpha value is -0.520. The predicted octanol–water partition coefficient (Wildman–Crippen LogP) is 1.04. The number of ether oxygens (including phenoxy) is 1. The van der Waals surface area contributed by atoms with E-state index >= 15 is 0 Å². The van der Waals surface area contributed by atoms with Gasteiger partial charge in [0, 0.05) is 6.61 Å². The average Bonchev–Trinajstić information content (AvgIpc) is 1.87. The molecule has 0 aromatic rings. The largest absolute Gasteiger partial charge is 0.396 e. The van der Waals surface area contributed by atoms with E-state index in [2.05, 4.69) is 5.92 Å². The Kier molecular flexibility index (Phi) is 4.93. The summed E-state index contributed by atoms with van der Waals surface area (Å²) < 4.78 is 5.15. The minimum atomic E-state index is 0.0333. The number of rotatable bonds is 5. The summed E-state index contributed by atoms with van der Waals surface area (Å²) in [4.78, 5) is 0. The van der Waals surface area contributed by atoms with Crippen molar-refractivity contribution in [2.24, 2.45) is 5.41 Å². The molecule has 2 heteroatoms. The van der Waals surface area contributed by atoms with Gasteiger partial charge in [-0.3, -0.25) is 0 Å². The molecule has 0 aliphatic rings. The van der Waals surface area contributed by atoms with Crippen LogP contribution >= 0.6 is 0 Å². The van der Waals surface area contributed by atoms with Crippen molar-refractivity contribution >= 4 is 0 Å². The van der Waals surface area contributed by atoms with Gasteiger partial charge in [0.05, 0.1) is 6.61 Å². The van der Waals surface area contributed by atoms with E-state index in [1.807, 2.05) is 13.8 Å². The molecule has 1 N–H and O–H groups in total. The zero-order valence-electron chi connectivity index (χ0n) is 7.26. The summed E-state index contributed by atoms with van der Waals surface area (Å²) in [6.45, 7) is 5.25. The Bertz CT molecular complexity index is 133. The molecule has 0 atom stereocenters. The molecule has 0 saturated heterocycles. The Balaban J connectivity index is 3.48. The zero-order valence-corrected chi connectivity index (χ0v) is 7.26. The molecule has 0 unspecified atom stereocenters. The molecule has 0 aliphatic carbocycles. The summed E-state index contributed by atoms with van der Waals surface area (Å²) >= 11 is 0. The molecule has 64 valence electrons. The first-order valence-electron chi connectivity index (χ1n) is 3.74. The number of aliphatic hydroxyl groups is 1. The molecule has 2 nitrogen and oxygen atoms in total. The molecule has 0 rings (SSSR count). The van der Waals surface area contributed by atoms with E-state index in [9.17, 15) is 0 Å². The molecule has 0 radical (unpaired) electrons. The van der Waals surface area contributed by atoms with Crippen LogP contribution in [0.5, 0.6) is 0 Å². The third-order valence-corrected chi connectivity index (χ3v) is 1.47. The van der Waals surface area contributed by atoms with E-state index in [1.54, 1.807) is 0 Å². The van der Waals surface area contributed by atoms with Crippen LogP contribution in [0.25, 0.3) is 0 Å². The van der Waals surface area contributed by atoms with E-state index in [-0.39, 0.29) is 12.0 Å². The Labute approximate surface area is 68.6 Å². The first-order chi connectivity index (χ1) is 5.12. The monoisotopic (exact) mass is 156 g/mol. The molecule has 0 aromatic heterocycles. The number of terminal acetylenes is 1. The first kappa shape index (κ1) is 10.5. The standard InChI is InChI=1S/C9H16O2/c1-4-7-11-8-9(2,3)5-6-10/h1,10H,5-8H2,2-3H3. The van der Waals surface area contributed by atoms with E-state index in [1.165, 1.54) is 0 Å². The first-order valence-corrected chi connectivity index (χ1v) is 3.74. The summed E-state index contributed by atoms with van der Waals surface area (Å²) in [6, 6.07) is 0. The minimum absolute atomic E-state index is 0.0333. The van der Waals surface area contributed by atoms with Crippen molar-refractivity contribution in [1.29, 1.82) is 0 Å². The van der Waals surface area contributed by atoms with Crippen molar-refractivity contribution in [3.05, 3.63) is 0 Å². The maximum atomic E-state index is 8.66. The molecule has 0 fully saturated rings. The summed E-state index contributed by atoms with van der Waals surface area (Å²) in [5.41, 5.74) is 0.0333. The van der Waals surface area contributed by atoms with Crippen LogP contribution < -0.4 is 0 Å². The predicted molar refractivity (Wildman–Crippen MR) is 45.1 cm³/mol. The Morgan fingerprint density at radius 1 is 1.55 bits per heavy atom. The molecule has 11 heavy (non-hydrogen) atoms. The van der Waals surface area contributed by atoms with Gasteiger partial charge in [0.1, 0.15) is 6.61 Å². The van der Waals surface area contributed by atoms with Gasteiger partial charge >= 0.3 is 0 Å². The summed E-state index contributed by atoms with van der Waals surface area (Å²) in [5, 5.41) is 8.66. The lowest BCUT2D eigenvalue weighted by molar-refractivity contribution is 0.0660. The van der Waals surface area contributed by atoms with Gasteiger partial charge in [-0.1, -0.05) is 19.8 Å². The fourth-order valence-electron chi connectivity index (χ4n) is 0.761. The van der Waals surface area contributed by atoms with Gasteiger partial charge in [-0.15, -0.1) is 6.42 Å². The highest BCUT2D eigenvalue weighted by Crippen LogP contribution is 2.19. The van der Waals surface area contributed by atoms with Gasteiger partial charge in [-0.05, 0) is 11.8 Å². The number of hydrogen-bond donors (Lipinski definition) is 1. The third-order valence-electron chi connectivity index (χ3n) is 1.47. The van der Waals surface area contributed by atoms with Crippen LogP contribution in [-0.2, 0) is 4.74 Å². The molecule has 0 aromatic carbocycles. The highest BCUT2D eigenvalue weighted by Gasteiger charge is 2.16. The van der Waals surface area contributed by atoms with Gasteiger partial charge < -0.3 is 9.84 Å². The molecule has 0 saturated carbocycles. The zero-order chi connectivity index (χ0) is 8.74. The fourth-order valence-corrected chi connectivity index (χ4v) is 0.761. The lowest BCUT2D eigenvalue weighted by Crippen LogP contribution is -2.20. The van der Waals surface area contributed by atoms with Crippen molar-refractivity contribution in [1.82, 2.24) is 0 Å². The highest BCUT2D eigenvalue weighted by molar-refractivity contribution is 4.83. The summed E-state index contributed by atoms with van der Waals surface area (Å²) in [7, 11) is 0. The molecule has 0 heterocycles. The van der Waals surface area contributed by atoms with Crippen molar-refractivity contribution < 1.29 is 9.84 Å². The van der Waals surface area contributed by atoms with Crippen LogP contribution in [0.4, 0.5) is 0 Å². The Morgan fingerprint density at radius 3 is 2.64 bits per heavy atom. The van der Waals surface area contributed by atoms with E-state index in [4.69, 9.17) is 16.3 Å². The van der Waals surface area contributed by atoms with E-state index in [0.29, 0.717) is 13.2 Å². The van der Waals surface area contributed by atoms with Gasteiger partial charge in [0.2, 0.25) is 0 Å². The van der Waals surface area contributed by atoms with Gasteiger partial charge in [0.15, 0.2) is 0 Å². The highest BCUT2D eigenvalue weighted by atomic mass is 16.5. The molecule has 0 amide bonds. The average molecular weight is 156 g/mol. The van der Waals surface area contributed by atoms with Crippen LogP contribution in [0.15, 0.2) is 0 Å². The maximum Gasteiger partial charge on any atom is 0.107 e. The van der Waals surface area contributed by atoms with Crippen LogP contribution in [0, 0.1) is 17.8 Å². The third kappa shape index (κ3) is 5.90. The van der Waals surface area contributed by atoms with Crippen LogP contribution in [0.2, 0.25) is 0 Å². The maximum absolute atomic E-state index is 8.66. The molecule has 0 bridgehead atoms. The second-order valence-corrected chi connectivity index (χ2v) is 3.33.